The van der Waals surface area contributed by atoms with E-state index in [0.29, 0.717) is 0 Å². The summed E-state index contributed by atoms with van der Waals surface area (Å²) in [6.07, 6.45) is 0. The number of benzene rings is 1. The molecule has 0 radical (unpaired) electrons. The summed E-state index contributed by atoms with van der Waals surface area (Å²) in [6.45, 7) is -0.715. The predicted molar refractivity (Wildman–Crippen MR) is 88.2 cm³/mol. The molecule has 1 aromatic rings. The van der Waals surface area contributed by atoms with Crippen molar-refractivity contribution in [2.75, 3.05) is 42.1 Å². The van der Waals surface area contributed by atoms with Crippen molar-refractivity contribution in [3.63, 3.8) is 0 Å². The van der Waals surface area contributed by atoms with Gasteiger partial charge in [0.25, 0.3) is 0 Å². The number of nitro groups is 1. The lowest BCUT2D eigenvalue weighted by molar-refractivity contribution is -0.484. The highest BCUT2D eigenvalue weighted by Gasteiger charge is 2.41. The minimum absolute atomic E-state index is 0.226. The highest BCUT2D eigenvalue weighted by molar-refractivity contribution is 5.96. The molecule has 0 spiro atoms. The third-order valence-electron chi connectivity index (χ3n) is 3.77. The summed E-state index contributed by atoms with van der Waals surface area (Å²) in [5, 5.41) is 11.2. The van der Waals surface area contributed by atoms with E-state index >= 15 is 0 Å². The highest BCUT2D eigenvalue weighted by atomic mass is 16.6. The summed E-state index contributed by atoms with van der Waals surface area (Å²) in [7, 11) is 6.32. The molecule has 10 heteroatoms. The fraction of sp³-hybridized carbons (Fsp3) is 0.500. The van der Waals surface area contributed by atoms with Crippen LogP contribution in [0.3, 0.4) is 0 Å². The fourth-order valence-corrected chi connectivity index (χ4v) is 2.56. The number of esters is 2. The number of ether oxygens (including phenoxy) is 5. The van der Waals surface area contributed by atoms with Gasteiger partial charge in [-0.25, -0.2) is 0 Å². The van der Waals surface area contributed by atoms with Gasteiger partial charge in [0.15, 0.2) is 17.4 Å². The molecule has 0 fully saturated rings. The number of carbonyl (C=O) groups is 2. The summed E-state index contributed by atoms with van der Waals surface area (Å²) < 4.78 is 24.9. The molecule has 0 aromatic heterocycles. The molecular formula is C16H21NO9. The summed E-state index contributed by atoms with van der Waals surface area (Å²) >= 11 is 0. The van der Waals surface area contributed by atoms with E-state index in [1.165, 1.54) is 33.5 Å². The second-order valence-corrected chi connectivity index (χ2v) is 5.10. The monoisotopic (exact) mass is 371 g/mol. The van der Waals surface area contributed by atoms with E-state index in [2.05, 4.69) is 9.47 Å². The molecule has 1 rings (SSSR count). The van der Waals surface area contributed by atoms with Crippen molar-refractivity contribution in [1.29, 1.82) is 0 Å². The molecule has 0 bridgehead atoms. The van der Waals surface area contributed by atoms with Crippen LogP contribution in [-0.2, 0) is 19.1 Å². The van der Waals surface area contributed by atoms with Gasteiger partial charge in [-0.1, -0.05) is 0 Å². The van der Waals surface area contributed by atoms with Gasteiger partial charge >= 0.3 is 11.9 Å². The van der Waals surface area contributed by atoms with E-state index in [0.717, 1.165) is 14.2 Å². The van der Waals surface area contributed by atoms with Gasteiger partial charge in [-0.3, -0.25) is 19.7 Å². The summed E-state index contributed by atoms with van der Waals surface area (Å²) in [4.78, 5) is 34.7. The number of hydrogen-bond acceptors (Lipinski definition) is 9. The second kappa shape index (κ2) is 9.44. The molecule has 0 N–H and O–H groups in total. The van der Waals surface area contributed by atoms with E-state index in [1.54, 1.807) is 0 Å². The van der Waals surface area contributed by atoms with Crippen LogP contribution in [0.15, 0.2) is 12.1 Å². The zero-order valence-corrected chi connectivity index (χ0v) is 15.1. The molecule has 0 saturated heterocycles. The number of carbonyl (C=O) groups excluding carboxylic acids is 2. The van der Waals surface area contributed by atoms with Crippen molar-refractivity contribution >= 4 is 11.9 Å². The lowest BCUT2D eigenvalue weighted by Crippen LogP contribution is -2.35. The molecule has 0 heterocycles. The van der Waals surface area contributed by atoms with Crippen LogP contribution < -0.4 is 14.2 Å². The first kappa shape index (κ1) is 21.0. The third kappa shape index (κ3) is 4.52. The molecule has 1 unspecified atom stereocenters. The van der Waals surface area contributed by atoms with Crippen molar-refractivity contribution in [2.45, 2.75) is 5.92 Å². The largest absolute Gasteiger partial charge is 0.493 e. The molecule has 144 valence electrons. The maximum Gasteiger partial charge on any atom is 0.320 e. The van der Waals surface area contributed by atoms with Crippen molar-refractivity contribution in [2.24, 2.45) is 5.92 Å². The Morgan fingerprint density at radius 2 is 1.42 bits per heavy atom. The Morgan fingerprint density at radius 1 is 0.962 bits per heavy atom. The molecule has 0 aliphatic carbocycles. The normalized spacial score (nSPS) is 11.5. The number of nitrogens with zero attached hydrogens (tertiary/aromatic N) is 1. The van der Waals surface area contributed by atoms with E-state index in [1.807, 2.05) is 0 Å². The quantitative estimate of drug-likeness (QED) is 0.271. The molecule has 0 saturated carbocycles. The molecule has 1 aromatic carbocycles. The molecule has 0 amide bonds. The predicted octanol–water partition coefficient (Wildman–Crippen LogP) is 1.03. The molecule has 10 nitrogen and oxygen atoms in total. The summed E-state index contributed by atoms with van der Waals surface area (Å²) in [6, 6.07) is 2.88. The van der Waals surface area contributed by atoms with Crippen LogP contribution in [0.2, 0.25) is 0 Å². The number of hydrogen-bond donors (Lipinski definition) is 0. The molecule has 26 heavy (non-hydrogen) atoms. The van der Waals surface area contributed by atoms with Gasteiger partial charge in [-0.15, -0.1) is 0 Å². The maximum atomic E-state index is 12.1. The van der Waals surface area contributed by atoms with Crippen LogP contribution in [-0.4, -0.2) is 59.0 Å². The summed E-state index contributed by atoms with van der Waals surface area (Å²) in [5.41, 5.74) is 0.261. The topological polar surface area (TPSA) is 123 Å². The van der Waals surface area contributed by atoms with Crippen LogP contribution in [0.4, 0.5) is 0 Å². The zero-order chi connectivity index (χ0) is 19.9. The van der Waals surface area contributed by atoms with E-state index in [-0.39, 0.29) is 22.8 Å². The molecular weight excluding hydrogens is 350 g/mol. The van der Waals surface area contributed by atoms with Gasteiger partial charge in [0.1, 0.15) is 0 Å². The van der Waals surface area contributed by atoms with Crippen LogP contribution in [0.25, 0.3) is 0 Å². The van der Waals surface area contributed by atoms with Crippen molar-refractivity contribution < 1.29 is 38.2 Å². The van der Waals surface area contributed by atoms with Gasteiger partial charge in [0, 0.05) is 4.92 Å². The first-order valence-corrected chi connectivity index (χ1v) is 7.41. The van der Waals surface area contributed by atoms with E-state index in [4.69, 9.17) is 14.2 Å². The van der Waals surface area contributed by atoms with Crippen LogP contribution >= 0.6 is 0 Å². The minimum atomic E-state index is -1.53. The molecule has 1 atom stereocenters. The molecule has 0 aliphatic heterocycles. The van der Waals surface area contributed by atoms with Crippen LogP contribution in [0.5, 0.6) is 17.2 Å². The Kier molecular flexibility index (Phi) is 7.63. The number of methoxy groups -OCH3 is 5. The third-order valence-corrected chi connectivity index (χ3v) is 3.77. The van der Waals surface area contributed by atoms with E-state index in [9.17, 15) is 19.7 Å². The van der Waals surface area contributed by atoms with Gasteiger partial charge in [-0.05, 0) is 17.7 Å². The van der Waals surface area contributed by atoms with Gasteiger partial charge < -0.3 is 23.7 Å². The average Bonchev–Trinajstić information content (AvgIpc) is 2.65. The highest BCUT2D eigenvalue weighted by Crippen LogP contribution is 2.41. The first-order valence-electron chi connectivity index (χ1n) is 7.41. The lowest BCUT2D eigenvalue weighted by Gasteiger charge is -2.22. The van der Waals surface area contributed by atoms with Crippen molar-refractivity contribution in [3.05, 3.63) is 27.8 Å². The Labute approximate surface area is 150 Å². The van der Waals surface area contributed by atoms with Crippen molar-refractivity contribution in [1.82, 2.24) is 0 Å². The van der Waals surface area contributed by atoms with Gasteiger partial charge in [0.2, 0.25) is 12.3 Å². The fourth-order valence-electron chi connectivity index (χ4n) is 2.56. The lowest BCUT2D eigenvalue weighted by atomic mass is 9.85. The smallest absolute Gasteiger partial charge is 0.320 e. The Bertz CT molecular complexity index is 633. The SMILES string of the molecule is COC(=O)C(C(=O)OC)C(C[N+](=O)[O-])c1cc(OC)c(OC)c(OC)c1. The van der Waals surface area contributed by atoms with Crippen LogP contribution in [0.1, 0.15) is 11.5 Å². The first-order chi connectivity index (χ1) is 12.3. The minimum Gasteiger partial charge on any atom is -0.493 e. The Hall–Kier alpha value is -3.04. The maximum absolute atomic E-state index is 12.1. The average molecular weight is 371 g/mol. The van der Waals surface area contributed by atoms with Gasteiger partial charge in [-0.2, -0.15) is 0 Å². The zero-order valence-electron chi connectivity index (χ0n) is 15.1. The van der Waals surface area contributed by atoms with Gasteiger partial charge in [0.05, 0.1) is 41.5 Å². The number of rotatable bonds is 9. The Morgan fingerprint density at radius 3 is 1.73 bits per heavy atom. The second-order valence-electron chi connectivity index (χ2n) is 5.10. The van der Waals surface area contributed by atoms with Crippen molar-refractivity contribution in [3.8, 4) is 17.2 Å². The summed E-state index contributed by atoms with van der Waals surface area (Å²) in [5.74, 6) is -3.87. The molecule has 0 aliphatic rings. The Balaban J connectivity index is 3.59. The van der Waals surface area contributed by atoms with Crippen LogP contribution in [0, 0.1) is 16.0 Å². The standard InChI is InChI=1S/C16H21NO9/c1-22-11-6-9(7-12(23-2)14(11)24-3)10(8-17(20)21)13(15(18)25-4)16(19)26-5/h6-7,10,13H,8H2,1-5H3. The van der Waals surface area contributed by atoms with E-state index < -0.39 is 35.2 Å².